The topological polar surface area (TPSA) is 60.7 Å². The molecule has 0 unspecified atom stereocenters. The van der Waals surface area contributed by atoms with Crippen LogP contribution in [0.1, 0.15) is 17.4 Å². The van der Waals surface area contributed by atoms with Crippen LogP contribution in [0, 0.1) is 6.92 Å². The number of hydrogen-bond donors (Lipinski definition) is 4. The Labute approximate surface area is 75.7 Å². The first kappa shape index (κ1) is 9.38. The monoisotopic (exact) mass is 186 g/mol. The van der Waals surface area contributed by atoms with E-state index in [4.69, 9.17) is 10.2 Å². The molecule has 0 aliphatic heterocycles. The van der Waals surface area contributed by atoms with E-state index in [9.17, 15) is 5.11 Å². The minimum atomic E-state index is -1.66. The standard InChI is InChI=1S/C8H10O3S/c1-4-2-5(8(10)11)7(9)6(12)3-4/h2-3,8-12H,1H3. The predicted molar refractivity (Wildman–Crippen MR) is 47.3 cm³/mol. The number of aliphatic hydroxyl groups excluding tert-OH is 1. The third-order valence-electron chi connectivity index (χ3n) is 1.54. The molecule has 0 heterocycles. The van der Waals surface area contributed by atoms with Crippen molar-refractivity contribution in [2.75, 3.05) is 0 Å². The Hall–Kier alpha value is -0.710. The van der Waals surface area contributed by atoms with E-state index in [1.165, 1.54) is 6.07 Å². The summed E-state index contributed by atoms with van der Waals surface area (Å²) in [6.07, 6.45) is -1.66. The highest BCUT2D eigenvalue weighted by molar-refractivity contribution is 7.80. The van der Waals surface area contributed by atoms with Gasteiger partial charge in [0.05, 0.1) is 5.56 Å². The molecule has 0 fully saturated rings. The van der Waals surface area contributed by atoms with E-state index < -0.39 is 6.29 Å². The molecule has 0 saturated carbocycles. The Morgan fingerprint density at radius 1 is 1.33 bits per heavy atom. The van der Waals surface area contributed by atoms with Crippen molar-refractivity contribution in [2.24, 2.45) is 0 Å². The Morgan fingerprint density at radius 3 is 2.42 bits per heavy atom. The van der Waals surface area contributed by atoms with E-state index >= 15 is 0 Å². The zero-order valence-electron chi connectivity index (χ0n) is 6.52. The number of aliphatic hydroxyl groups is 2. The molecule has 0 bridgehead atoms. The van der Waals surface area contributed by atoms with Crippen molar-refractivity contribution >= 4 is 12.6 Å². The summed E-state index contributed by atoms with van der Waals surface area (Å²) in [7, 11) is 0. The average molecular weight is 186 g/mol. The molecule has 0 spiro atoms. The van der Waals surface area contributed by atoms with Crippen molar-refractivity contribution < 1.29 is 15.3 Å². The first-order valence-electron chi connectivity index (χ1n) is 3.41. The predicted octanol–water partition coefficient (Wildman–Crippen LogP) is 0.973. The summed E-state index contributed by atoms with van der Waals surface area (Å²) >= 11 is 3.96. The third-order valence-corrected chi connectivity index (χ3v) is 1.88. The van der Waals surface area contributed by atoms with Gasteiger partial charge in [-0.3, -0.25) is 0 Å². The Bertz CT molecular complexity index is 297. The molecule has 0 atom stereocenters. The molecule has 0 aliphatic carbocycles. The zero-order valence-corrected chi connectivity index (χ0v) is 7.42. The minimum absolute atomic E-state index is 0.0833. The quantitative estimate of drug-likeness (QED) is 0.390. The maximum atomic E-state index is 9.30. The van der Waals surface area contributed by atoms with Crippen molar-refractivity contribution in [3.05, 3.63) is 23.3 Å². The maximum absolute atomic E-state index is 9.30. The first-order chi connectivity index (χ1) is 5.52. The highest BCUT2D eigenvalue weighted by Gasteiger charge is 2.11. The molecule has 1 aromatic rings. The van der Waals surface area contributed by atoms with Crippen molar-refractivity contribution in [3.63, 3.8) is 0 Å². The van der Waals surface area contributed by atoms with Crippen molar-refractivity contribution in [2.45, 2.75) is 18.1 Å². The van der Waals surface area contributed by atoms with Gasteiger partial charge in [0.25, 0.3) is 0 Å². The van der Waals surface area contributed by atoms with Gasteiger partial charge in [-0.1, -0.05) is 0 Å². The summed E-state index contributed by atoms with van der Waals surface area (Å²) in [4.78, 5) is 0.345. The van der Waals surface area contributed by atoms with Crippen LogP contribution in [-0.2, 0) is 0 Å². The molecule has 4 heteroatoms. The SMILES string of the molecule is Cc1cc(S)c(O)c(C(O)O)c1. The van der Waals surface area contributed by atoms with Gasteiger partial charge in [0.2, 0.25) is 0 Å². The van der Waals surface area contributed by atoms with Crippen LogP contribution >= 0.6 is 12.6 Å². The van der Waals surface area contributed by atoms with Crippen molar-refractivity contribution in [1.82, 2.24) is 0 Å². The normalized spacial score (nSPS) is 10.8. The molecule has 12 heavy (non-hydrogen) atoms. The van der Waals surface area contributed by atoms with Crippen LogP contribution in [0.15, 0.2) is 17.0 Å². The number of phenolic OH excluding ortho intramolecular Hbond substituents is 1. The molecular formula is C8H10O3S. The molecule has 0 radical (unpaired) electrons. The van der Waals surface area contributed by atoms with Crippen molar-refractivity contribution in [1.29, 1.82) is 0 Å². The van der Waals surface area contributed by atoms with Crippen LogP contribution in [0.5, 0.6) is 5.75 Å². The number of benzene rings is 1. The van der Waals surface area contributed by atoms with Crippen LogP contribution in [0.4, 0.5) is 0 Å². The highest BCUT2D eigenvalue weighted by atomic mass is 32.1. The molecule has 1 rings (SSSR count). The van der Waals surface area contributed by atoms with Crippen molar-refractivity contribution in [3.8, 4) is 5.75 Å². The fraction of sp³-hybridized carbons (Fsp3) is 0.250. The number of hydrogen-bond acceptors (Lipinski definition) is 4. The lowest BCUT2D eigenvalue weighted by Gasteiger charge is -2.09. The molecule has 0 aromatic heterocycles. The first-order valence-corrected chi connectivity index (χ1v) is 3.85. The largest absolute Gasteiger partial charge is 0.506 e. The molecule has 66 valence electrons. The fourth-order valence-electron chi connectivity index (χ4n) is 0.984. The van der Waals surface area contributed by atoms with Gasteiger partial charge >= 0.3 is 0 Å². The second-order valence-electron chi connectivity index (χ2n) is 2.60. The van der Waals surface area contributed by atoms with Gasteiger partial charge in [-0.05, 0) is 24.6 Å². The Kier molecular flexibility index (Phi) is 2.62. The van der Waals surface area contributed by atoms with Gasteiger partial charge < -0.3 is 15.3 Å². The minimum Gasteiger partial charge on any atom is -0.506 e. The number of aryl methyl sites for hydroxylation is 1. The van der Waals surface area contributed by atoms with Gasteiger partial charge in [-0.25, -0.2) is 0 Å². The van der Waals surface area contributed by atoms with E-state index in [2.05, 4.69) is 12.6 Å². The summed E-state index contributed by atoms with van der Waals surface area (Å²) < 4.78 is 0. The molecule has 0 amide bonds. The molecule has 3 nitrogen and oxygen atoms in total. The molecule has 1 aromatic carbocycles. The highest BCUT2D eigenvalue weighted by Crippen LogP contribution is 2.30. The van der Waals surface area contributed by atoms with Crippen LogP contribution < -0.4 is 0 Å². The van der Waals surface area contributed by atoms with E-state index in [1.807, 2.05) is 0 Å². The maximum Gasteiger partial charge on any atom is 0.182 e. The second kappa shape index (κ2) is 3.35. The number of aromatic hydroxyl groups is 1. The van der Waals surface area contributed by atoms with Gasteiger partial charge in [0.1, 0.15) is 5.75 Å². The third kappa shape index (κ3) is 1.72. The lowest BCUT2D eigenvalue weighted by Crippen LogP contribution is -1.96. The van der Waals surface area contributed by atoms with Crippen LogP contribution in [0.2, 0.25) is 0 Å². The van der Waals surface area contributed by atoms with Gasteiger partial charge in [-0.2, -0.15) is 0 Å². The Balaban J connectivity index is 3.28. The van der Waals surface area contributed by atoms with Crippen LogP contribution in [0.25, 0.3) is 0 Å². The number of thiol groups is 1. The van der Waals surface area contributed by atoms with Crippen LogP contribution in [0.3, 0.4) is 0 Å². The molecular weight excluding hydrogens is 176 g/mol. The van der Waals surface area contributed by atoms with Gasteiger partial charge in [-0.15, -0.1) is 12.6 Å². The molecule has 3 N–H and O–H groups in total. The smallest absolute Gasteiger partial charge is 0.182 e. The van der Waals surface area contributed by atoms with E-state index in [-0.39, 0.29) is 11.3 Å². The van der Waals surface area contributed by atoms with E-state index in [0.29, 0.717) is 4.90 Å². The van der Waals surface area contributed by atoms with Crippen LogP contribution in [-0.4, -0.2) is 15.3 Å². The molecule has 0 saturated heterocycles. The van der Waals surface area contributed by atoms with E-state index in [1.54, 1.807) is 13.0 Å². The van der Waals surface area contributed by atoms with Gasteiger partial charge in [0, 0.05) is 4.90 Å². The summed E-state index contributed by atoms with van der Waals surface area (Å²) in [5.74, 6) is -0.182. The second-order valence-corrected chi connectivity index (χ2v) is 3.08. The zero-order chi connectivity index (χ0) is 9.30. The summed E-state index contributed by atoms with van der Waals surface area (Å²) in [5.41, 5.74) is 0.904. The Morgan fingerprint density at radius 2 is 1.92 bits per heavy atom. The summed E-state index contributed by atoms with van der Waals surface area (Å²) in [5, 5.41) is 26.9. The number of rotatable bonds is 1. The van der Waals surface area contributed by atoms with Gasteiger partial charge in [0.15, 0.2) is 6.29 Å². The van der Waals surface area contributed by atoms with E-state index in [0.717, 1.165) is 5.56 Å². The number of phenols is 1. The lowest BCUT2D eigenvalue weighted by molar-refractivity contribution is -0.0441. The molecule has 0 aliphatic rings. The average Bonchev–Trinajstić information content (AvgIpc) is 1.96. The summed E-state index contributed by atoms with van der Waals surface area (Å²) in [6.45, 7) is 1.78. The summed E-state index contributed by atoms with van der Waals surface area (Å²) in [6, 6.07) is 3.14. The fourth-order valence-corrected chi connectivity index (χ4v) is 1.32. The lowest BCUT2D eigenvalue weighted by atomic mass is 10.1.